The van der Waals surface area contributed by atoms with E-state index < -0.39 is 5.76 Å². The highest BCUT2D eigenvalue weighted by atomic mass is 16.5. The Labute approximate surface area is 86.2 Å². The van der Waals surface area contributed by atoms with E-state index in [9.17, 15) is 4.79 Å². The zero-order chi connectivity index (χ0) is 10.7. The van der Waals surface area contributed by atoms with Crippen molar-refractivity contribution in [1.82, 2.24) is 15.0 Å². The fourth-order valence-corrected chi connectivity index (χ4v) is 1.55. The Balaban J connectivity index is 1.90. The van der Waals surface area contributed by atoms with Crippen LogP contribution in [0.3, 0.4) is 0 Å². The van der Waals surface area contributed by atoms with E-state index in [1.807, 2.05) is 0 Å². The summed E-state index contributed by atoms with van der Waals surface area (Å²) in [7, 11) is 0. The van der Waals surface area contributed by atoms with Crippen molar-refractivity contribution in [3.8, 4) is 0 Å². The van der Waals surface area contributed by atoms with E-state index in [-0.39, 0.29) is 6.04 Å². The molecule has 1 aromatic heterocycles. The Hall–Kier alpha value is -1.18. The number of nitrogens with one attached hydrogen (secondary N) is 1. The minimum atomic E-state index is -0.567. The Bertz CT molecular complexity index is 355. The summed E-state index contributed by atoms with van der Waals surface area (Å²) in [5.74, 6) is -0.172. The highest BCUT2D eigenvalue weighted by Gasteiger charge is 2.17. The van der Waals surface area contributed by atoms with Gasteiger partial charge in [0, 0.05) is 19.6 Å². The maximum atomic E-state index is 10.7. The molecule has 0 saturated carbocycles. The first-order valence-corrected chi connectivity index (χ1v) is 4.87. The summed E-state index contributed by atoms with van der Waals surface area (Å²) in [5, 5.41) is 3.56. The van der Waals surface area contributed by atoms with Crippen LogP contribution in [0.1, 0.15) is 11.9 Å². The molecule has 1 atom stereocenters. The van der Waals surface area contributed by atoms with E-state index in [1.165, 1.54) is 0 Å². The van der Waals surface area contributed by atoms with E-state index >= 15 is 0 Å². The van der Waals surface area contributed by atoms with Crippen molar-refractivity contribution >= 4 is 0 Å². The van der Waals surface area contributed by atoms with Gasteiger partial charge in [-0.1, -0.05) is 5.16 Å². The van der Waals surface area contributed by atoms with Crippen LogP contribution in [0.2, 0.25) is 0 Å². The number of morpholine rings is 1. The molecule has 0 aromatic carbocycles. The number of hydrogen-bond acceptors (Lipinski definition) is 6. The van der Waals surface area contributed by atoms with E-state index in [0.717, 1.165) is 26.3 Å². The molecule has 1 aliphatic heterocycles. The van der Waals surface area contributed by atoms with E-state index in [1.54, 1.807) is 0 Å². The Morgan fingerprint density at radius 2 is 2.27 bits per heavy atom. The van der Waals surface area contributed by atoms with Crippen molar-refractivity contribution in [2.45, 2.75) is 6.04 Å². The molecule has 1 aromatic rings. The molecule has 3 N–H and O–H groups in total. The van der Waals surface area contributed by atoms with Crippen molar-refractivity contribution in [2.75, 3.05) is 32.8 Å². The predicted octanol–water partition coefficient (Wildman–Crippen LogP) is -1.31. The minimum Gasteiger partial charge on any atom is -0.379 e. The molecule has 1 unspecified atom stereocenters. The molecule has 1 aliphatic rings. The number of nitrogens with zero attached hydrogens (tertiary/aromatic N) is 2. The van der Waals surface area contributed by atoms with Crippen LogP contribution >= 0.6 is 0 Å². The first kappa shape index (κ1) is 10.3. The zero-order valence-corrected chi connectivity index (χ0v) is 8.31. The fraction of sp³-hybridized carbons (Fsp3) is 0.750. The number of H-pyrrole nitrogens is 1. The van der Waals surface area contributed by atoms with Gasteiger partial charge < -0.3 is 10.5 Å². The average Bonchev–Trinajstić information content (AvgIpc) is 2.66. The smallest absolute Gasteiger partial charge is 0.379 e. The molecule has 0 radical (unpaired) electrons. The van der Waals surface area contributed by atoms with Gasteiger partial charge in [-0.25, -0.2) is 4.79 Å². The van der Waals surface area contributed by atoms with Crippen LogP contribution in [0.15, 0.2) is 9.32 Å². The van der Waals surface area contributed by atoms with Crippen molar-refractivity contribution in [2.24, 2.45) is 5.73 Å². The lowest BCUT2D eigenvalue weighted by Gasteiger charge is -2.28. The summed E-state index contributed by atoms with van der Waals surface area (Å²) in [5.41, 5.74) is 5.86. The predicted molar refractivity (Wildman–Crippen MR) is 51.3 cm³/mol. The van der Waals surface area contributed by atoms with Gasteiger partial charge in [-0.05, 0) is 0 Å². The van der Waals surface area contributed by atoms with Crippen LogP contribution in [0.4, 0.5) is 0 Å². The number of hydrogen-bond donors (Lipinski definition) is 2. The normalized spacial score (nSPS) is 20.3. The topological polar surface area (TPSA) is 97.4 Å². The van der Waals surface area contributed by atoms with Gasteiger partial charge in [0.25, 0.3) is 0 Å². The summed E-state index contributed by atoms with van der Waals surface area (Å²) >= 11 is 0. The Morgan fingerprint density at radius 3 is 2.87 bits per heavy atom. The second-order valence-corrected chi connectivity index (χ2v) is 3.50. The van der Waals surface area contributed by atoms with Gasteiger partial charge in [-0.3, -0.25) is 14.4 Å². The quantitative estimate of drug-likeness (QED) is 0.648. The minimum absolute atomic E-state index is 0.324. The zero-order valence-electron chi connectivity index (χ0n) is 8.31. The van der Waals surface area contributed by atoms with Crippen LogP contribution in [0.25, 0.3) is 0 Å². The lowest BCUT2D eigenvalue weighted by Crippen LogP contribution is -2.40. The first-order chi connectivity index (χ1) is 7.25. The molecule has 0 bridgehead atoms. The van der Waals surface area contributed by atoms with E-state index in [2.05, 4.69) is 19.6 Å². The van der Waals surface area contributed by atoms with Gasteiger partial charge in [0.2, 0.25) is 0 Å². The van der Waals surface area contributed by atoms with Gasteiger partial charge >= 0.3 is 5.76 Å². The summed E-state index contributed by atoms with van der Waals surface area (Å²) in [6.07, 6.45) is 0. The molecule has 2 heterocycles. The van der Waals surface area contributed by atoms with Crippen LogP contribution in [0, 0.1) is 0 Å². The molecule has 0 amide bonds. The molecule has 15 heavy (non-hydrogen) atoms. The molecule has 1 fully saturated rings. The number of rotatable bonds is 3. The maximum Gasteiger partial charge on any atom is 0.438 e. The molecule has 2 rings (SSSR count). The lowest BCUT2D eigenvalue weighted by molar-refractivity contribution is 0.0348. The molecule has 84 valence electrons. The van der Waals surface area contributed by atoms with Crippen LogP contribution < -0.4 is 11.5 Å². The van der Waals surface area contributed by atoms with Crippen LogP contribution in [-0.4, -0.2) is 47.9 Å². The molecule has 7 nitrogen and oxygen atoms in total. The van der Waals surface area contributed by atoms with Crippen molar-refractivity contribution < 1.29 is 9.26 Å². The van der Waals surface area contributed by atoms with Gasteiger partial charge in [0.15, 0.2) is 5.82 Å². The highest BCUT2D eigenvalue weighted by Crippen LogP contribution is 2.06. The molecular formula is C8H14N4O3. The third-order valence-corrected chi connectivity index (χ3v) is 2.37. The average molecular weight is 214 g/mol. The standard InChI is InChI=1S/C8H14N4O3/c9-6(7-10-8(13)15-11-7)5-12-1-3-14-4-2-12/h6H,1-5,9H2,(H,10,11,13). The van der Waals surface area contributed by atoms with Gasteiger partial charge in [0.1, 0.15) is 0 Å². The SMILES string of the molecule is NC(CN1CCOCC1)c1noc(=O)[nH]1. The molecular weight excluding hydrogens is 200 g/mol. The maximum absolute atomic E-state index is 10.7. The largest absolute Gasteiger partial charge is 0.438 e. The monoisotopic (exact) mass is 214 g/mol. The number of nitrogens with two attached hydrogens (primary N) is 1. The van der Waals surface area contributed by atoms with E-state index in [4.69, 9.17) is 10.5 Å². The van der Waals surface area contributed by atoms with Gasteiger partial charge in [0.05, 0.1) is 19.3 Å². The van der Waals surface area contributed by atoms with Gasteiger partial charge in [-0.2, -0.15) is 0 Å². The van der Waals surface area contributed by atoms with Gasteiger partial charge in [-0.15, -0.1) is 0 Å². The fourth-order valence-electron chi connectivity index (χ4n) is 1.55. The summed E-state index contributed by atoms with van der Waals surface area (Å²) in [6, 6.07) is -0.324. The number of aromatic nitrogens is 2. The van der Waals surface area contributed by atoms with Crippen LogP contribution in [0.5, 0.6) is 0 Å². The molecule has 7 heteroatoms. The molecule has 0 aliphatic carbocycles. The number of ether oxygens (including phenoxy) is 1. The number of aromatic amines is 1. The third-order valence-electron chi connectivity index (χ3n) is 2.37. The summed E-state index contributed by atoms with van der Waals surface area (Å²) in [6.45, 7) is 3.81. The third kappa shape index (κ3) is 2.65. The van der Waals surface area contributed by atoms with Crippen molar-refractivity contribution in [1.29, 1.82) is 0 Å². The summed E-state index contributed by atoms with van der Waals surface area (Å²) < 4.78 is 9.61. The van der Waals surface area contributed by atoms with Crippen molar-refractivity contribution in [3.63, 3.8) is 0 Å². The summed E-state index contributed by atoms with van der Waals surface area (Å²) in [4.78, 5) is 15.3. The van der Waals surface area contributed by atoms with E-state index in [0.29, 0.717) is 12.4 Å². The first-order valence-electron chi connectivity index (χ1n) is 4.87. The van der Waals surface area contributed by atoms with Crippen molar-refractivity contribution in [3.05, 3.63) is 16.4 Å². The second-order valence-electron chi connectivity index (χ2n) is 3.50. The second kappa shape index (κ2) is 4.56. The van der Waals surface area contributed by atoms with Crippen LogP contribution in [-0.2, 0) is 4.74 Å². The highest BCUT2D eigenvalue weighted by molar-refractivity contribution is 4.90. The molecule has 1 saturated heterocycles. The molecule has 0 spiro atoms. The lowest BCUT2D eigenvalue weighted by atomic mass is 10.2. The Morgan fingerprint density at radius 1 is 1.53 bits per heavy atom. The Kier molecular flexibility index (Phi) is 3.14.